The van der Waals surface area contributed by atoms with E-state index in [1.54, 1.807) is 25.1 Å². The molecular weight excluding hydrogens is 273 g/mol. The second-order valence-electron chi connectivity index (χ2n) is 4.12. The third-order valence-electron chi connectivity index (χ3n) is 2.79. The minimum atomic E-state index is -4.68. The van der Waals surface area contributed by atoms with Gasteiger partial charge in [0.2, 0.25) is 0 Å². The first-order valence-electron chi connectivity index (χ1n) is 5.64. The maximum Gasteiger partial charge on any atom is 0.435 e. The van der Waals surface area contributed by atoms with E-state index in [0.717, 1.165) is 10.9 Å². The van der Waals surface area contributed by atoms with Gasteiger partial charge in [0.15, 0.2) is 12.0 Å². The van der Waals surface area contributed by atoms with E-state index in [2.05, 4.69) is 5.10 Å². The molecule has 0 spiro atoms. The minimum Gasteiger partial charge on any atom is -0.494 e. The summed E-state index contributed by atoms with van der Waals surface area (Å²) >= 11 is 0. The van der Waals surface area contributed by atoms with Crippen molar-refractivity contribution in [2.75, 3.05) is 7.11 Å². The number of hydrogen-bond acceptors (Lipinski definition) is 3. The lowest BCUT2D eigenvalue weighted by molar-refractivity contribution is -0.141. The number of alkyl halides is 3. The number of benzene rings is 1. The SMILES string of the molecule is COc1cccc(C)c1-n1cc(C=O)c(C(F)(F)F)n1. The van der Waals surface area contributed by atoms with Gasteiger partial charge in [-0.2, -0.15) is 18.3 Å². The van der Waals surface area contributed by atoms with Crippen LogP contribution in [0.4, 0.5) is 13.2 Å². The fourth-order valence-electron chi connectivity index (χ4n) is 1.90. The Hall–Kier alpha value is -2.31. The number of carbonyl (C=O) groups is 1. The number of halogens is 3. The van der Waals surface area contributed by atoms with Gasteiger partial charge in [0.1, 0.15) is 11.4 Å². The molecule has 20 heavy (non-hydrogen) atoms. The first-order valence-corrected chi connectivity index (χ1v) is 5.64. The lowest BCUT2D eigenvalue weighted by Gasteiger charge is -2.11. The highest BCUT2D eigenvalue weighted by atomic mass is 19.4. The number of aryl methyl sites for hydroxylation is 1. The zero-order chi connectivity index (χ0) is 14.9. The molecule has 2 rings (SSSR count). The molecule has 0 radical (unpaired) electrons. The lowest BCUT2D eigenvalue weighted by atomic mass is 10.2. The molecule has 7 heteroatoms. The van der Waals surface area contributed by atoms with Gasteiger partial charge in [-0.25, -0.2) is 4.68 Å². The number of aromatic nitrogens is 2. The summed E-state index contributed by atoms with van der Waals surface area (Å²) in [6.07, 6.45) is -3.50. The van der Waals surface area contributed by atoms with Crippen molar-refractivity contribution in [2.24, 2.45) is 0 Å². The first-order chi connectivity index (χ1) is 9.38. The van der Waals surface area contributed by atoms with Gasteiger partial charge in [0.05, 0.1) is 12.7 Å². The second kappa shape index (κ2) is 4.99. The minimum absolute atomic E-state index is 0.136. The van der Waals surface area contributed by atoms with E-state index in [1.165, 1.54) is 7.11 Å². The Morgan fingerprint density at radius 2 is 2.05 bits per heavy atom. The van der Waals surface area contributed by atoms with Crippen molar-refractivity contribution in [1.82, 2.24) is 9.78 Å². The predicted octanol–water partition coefficient (Wildman–Crippen LogP) is 3.02. The van der Waals surface area contributed by atoms with Crippen LogP contribution in [0.25, 0.3) is 5.69 Å². The smallest absolute Gasteiger partial charge is 0.435 e. The Bertz CT molecular complexity index is 648. The molecule has 0 atom stereocenters. The molecule has 4 nitrogen and oxygen atoms in total. The van der Waals surface area contributed by atoms with Gasteiger partial charge in [-0.05, 0) is 18.6 Å². The van der Waals surface area contributed by atoms with Crippen molar-refractivity contribution in [3.05, 3.63) is 41.2 Å². The van der Waals surface area contributed by atoms with Gasteiger partial charge in [0.25, 0.3) is 0 Å². The highest BCUT2D eigenvalue weighted by Crippen LogP contribution is 2.32. The summed E-state index contributed by atoms with van der Waals surface area (Å²) in [5.41, 5.74) is -0.674. The molecule has 0 aliphatic rings. The van der Waals surface area contributed by atoms with Crippen LogP contribution in [0.15, 0.2) is 24.4 Å². The van der Waals surface area contributed by atoms with Crippen LogP contribution >= 0.6 is 0 Å². The van der Waals surface area contributed by atoms with Gasteiger partial charge >= 0.3 is 6.18 Å². The number of hydrogen-bond donors (Lipinski definition) is 0. The molecule has 0 aliphatic carbocycles. The Morgan fingerprint density at radius 1 is 1.35 bits per heavy atom. The van der Waals surface area contributed by atoms with E-state index in [4.69, 9.17) is 4.74 Å². The van der Waals surface area contributed by atoms with Crippen LogP contribution in [-0.2, 0) is 6.18 Å². The summed E-state index contributed by atoms with van der Waals surface area (Å²) in [5.74, 6) is 0.374. The number of ether oxygens (including phenoxy) is 1. The van der Waals surface area contributed by atoms with Crippen LogP contribution < -0.4 is 4.74 Å². The molecule has 0 saturated heterocycles. The summed E-state index contributed by atoms with van der Waals surface area (Å²) < 4.78 is 44.5. The van der Waals surface area contributed by atoms with Crippen LogP contribution in [0.2, 0.25) is 0 Å². The van der Waals surface area contributed by atoms with Crippen LogP contribution in [0, 0.1) is 6.92 Å². The average molecular weight is 284 g/mol. The summed E-state index contributed by atoms with van der Waals surface area (Å²) in [4.78, 5) is 10.8. The molecule has 1 aromatic heterocycles. The van der Waals surface area contributed by atoms with Gasteiger partial charge in [-0.3, -0.25) is 4.79 Å². The first kappa shape index (κ1) is 14.1. The molecule has 0 amide bonds. The van der Waals surface area contributed by atoms with Crippen molar-refractivity contribution >= 4 is 6.29 Å². The third-order valence-corrected chi connectivity index (χ3v) is 2.79. The van der Waals surface area contributed by atoms with Crippen molar-refractivity contribution in [3.63, 3.8) is 0 Å². The number of para-hydroxylation sites is 1. The highest BCUT2D eigenvalue weighted by molar-refractivity contribution is 5.76. The summed E-state index contributed by atoms with van der Waals surface area (Å²) in [6, 6.07) is 5.04. The molecule has 0 bridgehead atoms. The summed E-state index contributed by atoms with van der Waals surface area (Å²) in [5, 5.41) is 3.47. The maximum atomic E-state index is 12.8. The number of nitrogens with zero attached hydrogens (tertiary/aromatic N) is 2. The summed E-state index contributed by atoms with van der Waals surface area (Å²) in [6.45, 7) is 1.72. The number of rotatable bonds is 3. The molecule has 0 N–H and O–H groups in total. The third kappa shape index (κ3) is 2.38. The van der Waals surface area contributed by atoms with Gasteiger partial charge in [0, 0.05) is 6.20 Å². The normalized spacial score (nSPS) is 11.4. The predicted molar refractivity (Wildman–Crippen MR) is 65.2 cm³/mol. The van der Waals surface area contributed by atoms with Crippen molar-refractivity contribution < 1.29 is 22.7 Å². The lowest BCUT2D eigenvalue weighted by Crippen LogP contribution is -2.10. The van der Waals surface area contributed by atoms with E-state index in [0.29, 0.717) is 17.0 Å². The molecule has 0 saturated carbocycles. The van der Waals surface area contributed by atoms with Gasteiger partial charge in [-0.15, -0.1) is 0 Å². The maximum absolute atomic E-state index is 12.8. The molecule has 0 fully saturated rings. The largest absolute Gasteiger partial charge is 0.494 e. The van der Waals surface area contributed by atoms with Crippen molar-refractivity contribution in [1.29, 1.82) is 0 Å². The molecule has 0 aliphatic heterocycles. The van der Waals surface area contributed by atoms with Crippen LogP contribution in [0.5, 0.6) is 5.75 Å². The molecule has 1 heterocycles. The van der Waals surface area contributed by atoms with Gasteiger partial charge < -0.3 is 4.74 Å². The Balaban J connectivity index is 2.66. The van der Waals surface area contributed by atoms with Crippen molar-refractivity contribution in [2.45, 2.75) is 13.1 Å². The molecule has 0 unspecified atom stereocenters. The molecule has 2 aromatic rings. The van der Waals surface area contributed by atoms with E-state index in [9.17, 15) is 18.0 Å². The van der Waals surface area contributed by atoms with E-state index in [1.807, 2.05) is 0 Å². The zero-order valence-electron chi connectivity index (χ0n) is 10.7. The van der Waals surface area contributed by atoms with Crippen LogP contribution in [0.3, 0.4) is 0 Å². The Labute approximate surface area is 112 Å². The van der Waals surface area contributed by atoms with Crippen molar-refractivity contribution in [3.8, 4) is 11.4 Å². The molecule has 1 aromatic carbocycles. The number of carbonyl (C=O) groups excluding carboxylic acids is 1. The Morgan fingerprint density at radius 3 is 2.55 bits per heavy atom. The summed E-state index contributed by atoms with van der Waals surface area (Å²) in [7, 11) is 1.41. The zero-order valence-corrected chi connectivity index (χ0v) is 10.7. The quantitative estimate of drug-likeness (QED) is 0.814. The number of methoxy groups -OCH3 is 1. The fraction of sp³-hybridized carbons (Fsp3) is 0.231. The van der Waals surface area contributed by atoms with E-state index < -0.39 is 17.4 Å². The average Bonchev–Trinajstić information content (AvgIpc) is 2.82. The number of aldehydes is 1. The Kier molecular flexibility index (Phi) is 3.52. The van der Waals surface area contributed by atoms with Crippen LogP contribution in [0.1, 0.15) is 21.6 Å². The standard InChI is InChI=1S/C13H11F3N2O2/c1-8-4-3-5-10(20-2)11(8)18-6-9(7-19)12(17-18)13(14,15)16/h3-7H,1-2H3. The van der Waals surface area contributed by atoms with E-state index >= 15 is 0 Å². The molecule has 106 valence electrons. The topological polar surface area (TPSA) is 44.1 Å². The van der Waals surface area contributed by atoms with E-state index in [-0.39, 0.29) is 6.29 Å². The molecular formula is C13H11F3N2O2. The fourth-order valence-corrected chi connectivity index (χ4v) is 1.90. The van der Waals surface area contributed by atoms with Crippen LogP contribution in [-0.4, -0.2) is 23.2 Å². The van der Waals surface area contributed by atoms with Gasteiger partial charge in [-0.1, -0.05) is 12.1 Å². The highest BCUT2D eigenvalue weighted by Gasteiger charge is 2.37. The monoisotopic (exact) mass is 284 g/mol. The second-order valence-corrected chi connectivity index (χ2v) is 4.12.